The first-order valence-corrected chi connectivity index (χ1v) is 12.3. The predicted octanol–water partition coefficient (Wildman–Crippen LogP) is 6.90. The molecule has 0 bridgehead atoms. The highest BCUT2D eigenvalue weighted by Gasteiger charge is 2.30. The summed E-state index contributed by atoms with van der Waals surface area (Å²) in [5.41, 5.74) is 0.659. The largest absolute Gasteiger partial charge is 0.416 e. The van der Waals surface area contributed by atoms with E-state index in [-0.39, 0.29) is 0 Å². The van der Waals surface area contributed by atoms with Crippen LogP contribution in [0.1, 0.15) is 5.56 Å². The first-order chi connectivity index (χ1) is 17.0. The van der Waals surface area contributed by atoms with Gasteiger partial charge in [-0.15, -0.1) is 0 Å². The first kappa shape index (κ1) is 26.2. The van der Waals surface area contributed by atoms with Crippen LogP contribution in [-0.4, -0.2) is 54.1 Å². The van der Waals surface area contributed by atoms with Crippen LogP contribution in [0.3, 0.4) is 0 Å². The molecule has 4 rings (SSSR count). The van der Waals surface area contributed by atoms with Crippen molar-refractivity contribution in [3.05, 3.63) is 58.1 Å². The summed E-state index contributed by atoms with van der Waals surface area (Å²) in [5.74, 6) is 0.811. The van der Waals surface area contributed by atoms with E-state index in [1.807, 2.05) is 30.9 Å². The van der Waals surface area contributed by atoms with E-state index in [0.717, 1.165) is 18.7 Å². The molecule has 4 aromatic rings. The number of hydrogen-bond donors (Lipinski definition) is 2. The topological polar surface area (TPSA) is 69.2 Å². The van der Waals surface area contributed by atoms with Crippen molar-refractivity contribution in [1.29, 1.82) is 0 Å². The smallest absolute Gasteiger partial charge is 0.342 e. The molecule has 13 heteroatoms. The van der Waals surface area contributed by atoms with E-state index < -0.39 is 11.7 Å². The summed E-state index contributed by atoms with van der Waals surface area (Å²) in [7, 11) is 5.81. The molecule has 0 fully saturated rings. The minimum Gasteiger partial charge on any atom is -0.342 e. The second kappa shape index (κ2) is 10.6. The molecule has 2 aromatic heterocycles. The molecule has 0 saturated heterocycles. The minimum atomic E-state index is -4.42. The lowest BCUT2D eigenvalue weighted by atomic mass is 10.2. The van der Waals surface area contributed by atoms with E-state index in [4.69, 9.17) is 23.2 Å². The first-order valence-electron chi connectivity index (χ1n) is 10.7. The molecular weight excluding hydrogens is 534 g/mol. The van der Waals surface area contributed by atoms with Crippen LogP contribution >= 0.6 is 34.5 Å². The Morgan fingerprint density at radius 2 is 1.56 bits per heavy atom. The van der Waals surface area contributed by atoms with Gasteiger partial charge in [-0.05, 0) is 50.5 Å². The number of alkyl halides is 3. The molecule has 0 unspecified atom stereocenters. The number of aromatic nitrogens is 3. The van der Waals surface area contributed by atoms with Gasteiger partial charge in [0.1, 0.15) is 5.52 Å². The van der Waals surface area contributed by atoms with E-state index in [1.165, 1.54) is 23.5 Å². The van der Waals surface area contributed by atoms with Crippen molar-refractivity contribution in [2.24, 2.45) is 0 Å². The number of anilines is 5. The van der Waals surface area contributed by atoms with E-state index in [0.29, 0.717) is 55.2 Å². The number of nitrogens with one attached hydrogen (secondary N) is 2. The minimum absolute atomic E-state index is 0.362. The number of likely N-dealkylation sites (N-methyl/N-ethyl adjacent to an activating group) is 2. The molecule has 2 N–H and O–H groups in total. The van der Waals surface area contributed by atoms with Gasteiger partial charge in [0.05, 0.1) is 21.3 Å². The van der Waals surface area contributed by atoms with Gasteiger partial charge in [-0.25, -0.2) is 4.98 Å². The molecule has 2 aromatic carbocycles. The van der Waals surface area contributed by atoms with Gasteiger partial charge < -0.3 is 20.4 Å². The van der Waals surface area contributed by atoms with Gasteiger partial charge in [0.25, 0.3) is 0 Å². The summed E-state index contributed by atoms with van der Waals surface area (Å²) in [4.78, 5) is 18.4. The van der Waals surface area contributed by atoms with E-state index >= 15 is 0 Å². The second-order valence-corrected chi connectivity index (χ2v) is 9.98. The fourth-order valence-electron chi connectivity index (χ4n) is 3.18. The van der Waals surface area contributed by atoms with Gasteiger partial charge in [0, 0.05) is 25.8 Å². The number of para-hydroxylation sites is 1. The summed E-state index contributed by atoms with van der Waals surface area (Å²) in [6.07, 6.45) is -4.42. The molecular formula is C23H22Cl2F3N7S. The SMILES string of the molecule is CN(C)CCN(C)c1nc(Nc2ccc(C(F)(F)F)cc2)c2nc(Nc3c(Cl)cccc3Cl)sc2n1. The highest BCUT2D eigenvalue weighted by Crippen LogP contribution is 2.37. The average Bonchev–Trinajstić information content (AvgIpc) is 3.22. The molecule has 0 atom stereocenters. The predicted molar refractivity (Wildman–Crippen MR) is 142 cm³/mol. The standard InChI is InChI=1S/C23H22Cl2F3N7S/c1-34(2)11-12-35(3)21-32-19(29-14-9-7-13(8-10-14)23(26,27)28)18-20(33-21)36-22(31-18)30-17-15(24)5-4-6-16(17)25/h4-10H,11-12H2,1-3H3,(H,30,31)(H,29,32,33). The molecule has 0 aliphatic rings. The Morgan fingerprint density at radius 3 is 2.17 bits per heavy atom. The molecule has 0 saturated carbocycles. The van der Waals surface area contributed by atoms with Crippen molar-refractivity contribution < 1.29 is 13.2 Å². The Labute approximate surface area is 219 Å². The maximum Gasteiger partial charge on any atom is 0.416 e. The zero-order valence-corrected chi connectivity index (χ0v) is 21.8. The number of hydrogen-bond acceptors (Lipinski definition) is 8. The summed E-state index contributed by atoms with van der Waals surface area (Å²) < 4.78 is 38.9. The van der Waals surface area contributed by atoms with E-state index in [2.05, 4.69) is 25.6 Å². The van der Waals surface area contributed by atoms with Gasteiger partial charge in [0.2, 0.25) is 5.95 Å². The fraction of sp³-hybridized carbons (Fsp3) is 0.261. The number of halogens is 5. The number of benzene rings is 2. The summed E-state index contributed by atoms with van der Waals surface area (Å²) in [6.45, 7) is 1.44. The van der Waals surface area contributed by atoms with Crippen LogP contribution in [0.5, 0.6) is 0 Å². The van der Waals surface area contributed by atoms with Gasteiger partial charge in [-0.3, -0.25) is 0 Å². The maximum atomic E-state index is 13.0. The molecule has 7 nitrogen and oxygen atoms in total. The van der Waals surface area contributed by atoms with Crippen LogP contribution in [0.25, 0.3) is 10.3 Å². The highest BCUT2D eigenvalue weighted by molar-refractivity contribution is 7.22. The van der Waals surface area contributed by atoms with Crippen molar-refractivity contribution in [3.63, 3.8) is 0 Å². The Morgan fingerprint density at radius 1 is 0.889 bits per heavy atom. The normalized spacial score (nSPS) is 11.8. The van der Waals surface area contributed by atoms with Crippen LogP contribution < -0.4 is 15.5 Å². The Hall–Kier alpha value is -2.86. The van der Waals surface area contributed by atoms with Crippen LogP contribution in [0.4, 0.5) is 41.4 Å². The second-order valence-electron chi connectivity index (χ2n) is 8.19. The zero-order valence-electron chi connectivity index (χ0n) is 19.5. The van der Waals surface area contributed by atoms with Crippen molar-refractivity contribution in [3.8, 4) is 0 Å². The summed E-state index contributed by atoms with van der Waals surface area (Å²) in [6, 6.07) is 9.87. The third-order valence-corrected chi connectivity index (χ3v) is 6.64. The van der Waals surface area contributed by atoms with Gasteiger partial charge in [0.15, 0.2) is 15.8 Å². The van der Waals surface area contributed by atoms with Crippen LogP contribution in [0.15, 0.2) is 42.5 Å². The summed E-state index contributed by atoms with van der Waals surface area (Å²) >= 11 is 13.9. The van der Waals surface area contributed by atoms with Crippen molar-refractivity contribution in [1.82, 2.24) is 19.9 Å². The lowest BCUT2D eigenvalue weighted by Gasteiger charge is -2.20. The van der Waals surface area contributed by atoms with Gasteiger partial charge in [-0.1, -0.05) is 40.6 Å². The quantitative estimate of drug-likeness (QED) is 0.245. The Balaban J connectivity index is 1.72. The maximum absolute atomic E-state index is 13.0. The van der Waals surface area contributed by atoms with Gasteiger partial charge in [-0.2, -0.15) is 23.1 Å². The van der Waals surface area contributed by atoms with Crippen LogP contribution in [0.2, 0.25) is 10.0 Å². The molecule has 0 radical (unpaired) electrons. The number of fused-ring (bicyclic) bond motifs is 1. The summed E-state index contributed by atoms with van der Waals surface area (Å²) in [5, 5.41) is 7.58. The number of thiazole rings is 1. The molecule has 0 spiro atoms. The monoisotopic (exact) mass is 555 g/mol. The third kappa shape index (κ3) is 6.09. The van der Waals surface area contributed by atoms with Crippen LogP contribution in [0, 0.1) is 0 Å². The van der Waals surface area contributed by atoms with Crippen molar-refractivity contribution in [2.45, 2.75) is 6.18 Å². The van der Waals surface area contributed by atoms with Crippen molar-refractivity contribution in [2.75, 3.05) is 49.8 Å². The lowest BCUT2D eigenvalue weighted by Crippen LogP contribution is -2.29. The fourth-order valence-corrected chi connectivity index (χ4v) is 4.51. The number of rotatable bonds is 8. The Bertz CT molecular complexity index is 1340. The Kier molecular flexibility index (Phi) is 7.74. The van der Waals surface area contributed by atoms with Crippen molar-refractivity contribution >= 4 is 73.2 Å². The molecule has 0 aliphatic carbocycles. The molecule has 2 heterocycles. The zero-order chi connectivity index (χ0) is 26.0. The van der Waals surface area contributed by atoms with E-state index in [1.54, 1.807) is 18.2 Å². The lowest BCUT2D eigenvalue weighted by molar-refractivity contribution is -0.137. The van der Waals surface area contributed by atoms with Gasteiger partial charge >= 0.3 is 6.18 Å². The number of nitrogens with zero attached hydrogens (tertiary/aromatic N) is 5. The van der Waals surface area contributed by atoms with Crippen LogP contribution in [-0.2, 0) is 6.18 Å². The molecule has 0 aliphatic heterocycles. The average molecular weight is 556 g/mol. The molecule has 36 heavy (non-hydrogen) atoms. The third-order valence-electron chi connectivity index (χ3n) is 5.14. The molecule has 190 valence electrons. The highest BCUT2D eigenvalue weighted by atomic mass is 35.5. The molecule has 0 amide bonds. The van der Waals surface area contributed by atoms with E-state index in [9.17, 15) is 13.2 Å².